The molecule has 4 rings (SSSR count). The Bertz CT molecular complexity index is 902. The lowest BCUT2D eigenvalue weighted by Crippen LogP contribution is -2.44. The van der Waals surface area contributed by atoms with Crippen LogP contribution in [0.2, 0.25) is 0 Å². The highest BCUT2D eigenvalue weighted by molar-refractivity contribution is 5.96. The Kier molecular flexibility index (Phi) is 5.14. The fourth-order valence-electron chi connectivity index (χ4n) is 3.55. The van der Waals surface area contributed by atoms with Crippen LogP contribution in [0.15, 0.2) is 42.5 Å². The molecule has 1 N–H and O–H groups in total. The van der Waals surface area contributed by atoms with E-state index < -0.39 is 5.82 Å². The molecule has 0 aliphatic carbocycles. The van der Waals surface area contributed by atoms with Crippen LogP contribution in [0.25, 0.3) is 0 Å². The highest BCUT2D eigenvalue weighted by atomic mass is 19.1. The smallest absolute Gasteiger partial charge is 0.256 e. The molecule has 146 valence electrons. The van der Waals surface area contributed by atoms with Crippen LogP contribution in [0.3, 0.4) is 0 Å². The summed E-state index contributed by atoms with van der Waals surface area (Å²) in [6.45, 7) is 1.76. The summed E-state index contributed by atoms with van der Waals surface area (Å²) < 4.78 is 24.9. The van der Waals surface area contributed by atoms with Crippen LogP contribution in [0, 0.1) is 11.7 Å². The van der Waals surface area contributed by atoms with E-state index in [0.29, 0.717) is 49.8 Å². The van der Waals surface area contributed by atoms with Crippen molar-refractivity contribution in [1.82, 2.24) is 4.90 Å². The fraction of sp³-hybridized carbons (Fsp3) is 0.333. The number of halogens is 1. The van der Waals surface area contributed by atoms with E-state index >= 15 is 0 Å². The molecule has 2 amide bonds. The number of hydrogen-bond acceptors (Lipinski definition) is 4. The molecular formula is C21H21FN2O4. The third-order valence-corrected chi connectivity index (χ3v) is 4.99. The first-order valence-corrected chi connectivity index (χ1v) is 9.36. The number of benzene rings is 2. The minimum atomic E-state index is -0.546. The number of amides is 2. The molecule has 1 atom stereocenters. The van der Waals surface area contributed by atoms with Crippen LogP contribution < -0.4 is 14.8 Å². The number of anilines is 1. The molecule has 0 aromatic heterocycles. The molecule has 0 bridgehead atoms. The molecule has 0 spiro atoms. The maximum absolute atomic E-state index is 13.9. The third kappa shape index (κ3) is 3.78. The fourth-order valence-corrected chi connectivity index (χ4v) is 3.55. The second-order valence-corrected chi connectivity index (χ2v) is 6.92. The van der Waals surface area contributed by atoms with Gasteiger partial charge < -0.3 is 19.7 Å². The minimum Gasteiger partial charge on any atom is -0.486 e. The van der Waals surface area contributed by atoms with Crippen LogP contribution in [-0.4, -0.2) is 43.0 Å². The number of carbonyl (C=O) groups is 2. The van der Waals surface area contributed by atoms with Gasteiger partial charge >= 0.3 is 0 Å². The van der Waals surface area contributed by atoms with Crippen LogP contribution in [0.4, 0.5) is 10.1 Å². The summed E-state index contributed by atoms with van der Waals surface area (Å²) in [5, 5.41) is 2.89. The van der Waals surface area contributed by atoms with Crippen molar-refractivity contribution >= 4 is 17.5 Å². The molecule has 28 heavy (non-hydrogen) atoms. The summed E-state index contributed by atoms with van der Waals surface area (Å²) in [6.07, 6.45) is 1.37. The van der Waals surface area contributed by atoms with E-state index in [1.54, 1.807) is 35.2 Å². The number of carbonyl (C=O) groups excluding carboxylic acids is 2. The van der Waals surface area contributed by atoms with Gasteiger partial charge in [0.25, 0.3) is 5.91 Å². The van der Waals surface area contributed by atoms with E-state index in [9.17, 15) is 14.0 Å². The number of ether oxygens (including phenoxy) is 2. The molecule has 2 aromatic carbocycles. The molecule has 2 heterocycles. The number of likely N-dealkylation sites (tertiary alicyclic amines) is 1. The number of nitrogens with one attached hydrogen (secondary N) is 1. The summed E-state index contributed by atoms with van der Waals surface area (Å²) in [6, 6.07) is 11.2. The van der Waals surface area contributed by atoms with Crippen LogP contribution >= 0.6 is 0 Å². The van der Waals surface area contributed by atoms with Gasteiger partial charge in [0.15, 0.2) is 11.5 Å². The van der Waals surface area contributed by atoms with Gasteiger partial charge in [0.05, 0.1) is 11.5 Å². The Morgan fingerprint density at radius 1 is 1.07 bits per heavy atom. The van der Waals surface area contributed by atoms with Gasteiger partial charge in [-0.25, -0.2) is 4.39 Å². The monoisotopic (exact) mass is 384 g/mol. The summed E-state index contributed by atoms with van der Waals surface area (Å²) in [5.41, 5.74) is 0.655. The van der Waals surface area contributed by atoms with Gasteiger partial charge in [-0.3, -0.25) is 9.59 Å². The van der Waals surface area contributed by atoms with Gasteiger partial charge in [-0.05, 0) is 37.1 Å². The summed E-state index contributed by atoms with van der Waals surface area (Å²) >= 11 is 0. The van der Waals surface area contributed by atoms with Gasteiger partial charge in [-0.1, -0.05) is 12.1 Å². The van der Waals surface area contributed by atoms with E-state index in [1.165, 1.54) is 12.1 Å². The van der Waals surface area contributed by atoms with Gasteiger partial charge in [0, 0.05) is 24.8 Å². The predicted octanol–water partition coefficient (Wildman–Crippen LogP) is 3.09. The maximum Gasteiger partial charge on any atom is 0.256 e. The normalized spacial score (nSPS) is 18.5. The first-order valence-electron chi connectivity index (χ1n) is 9.36. The maximum atomic E-state index is 13.9. The van der Waals surface area contributed by atoms with E-state index in [-0.39, 0.29) is 29.8 Å². The SMILES string of the molecule is O=C(Nc1ccc2c(c1)OCCO2)[C@H]1CCCN(C(=O)c2ccccc2F)C1. The zero-order valence-corrected chi connectivity index (χ0v) is 15.3. The lowest BCUT2D eigenvalue weighted by atomic mass is 9.96. The first-order chi connectivity index (χ1) is 13.6. The molecule has 0 unspecified atom stereocenters. The van der Waals surface area contributed by atoms with Gasteiger partial charge in [-0.15, -0.1) is 0 Å². The van der Waals surface area contributed by atoms with Crippen molar-refractivity contribution in [3.63, 3.8) is 0 Å². The first kappa shape index (κ1) is 18.3. The zero-order valence-electron chi connectivity index (χ0n) is 15.3. The summed E-state index contributed by atoms with van der Waals surface area (Å²) in [4.78, 5) is 26.9. The van der Waals surface area contributed by atoms with Crippen molar-refractivity contribution < 1.29 is 23.5 Å². The molecule has 1 fully saturated rings. The predicted molar refractivity (Wildman–Crippen MR) is 101 cm³/mol. The standard InChI is InChI=1S/C21H21FN2O4/c22-17-6-2-1-5-16(17)21(26)24-9-3-4-14(13-24)20(25)23-15-7-8-18-19(12-15)28-11-10-27-18/h1-2,5-8,12,14H,3-4,9-11,13H2,(H,23,25)/t14-/m0/s1. The molecule has 2 aliphatic rings. The lowest BCUT2D eigenvalue weighted by Gasteiger charge is -2.32. The number of hydrogen-bond donors (Lipinski definition) is 1. The Morgan fingerprint density at radius 3 is 2.68 bits per heavy atom. The van der Waals surface area contributed by atoms with Gasteiger partial charge in [-0.2, -0.15) is 0 Å². The van der Waals surface area contributed by atoms with Crippen molar-refractivity contribution in [1.29, 1.82) is 0 Å². The Balaban J connectivity index is 1.42. The Hall–Kier alpha value is -3.09. The quantitative estimate of drug-likeness (QED) is 0.883. The van der Waals surface area contributed by atoms with E-state index in [1.807, 2.05) is 0 Å². The number of nitrogens with zero attached hydrogens (tertiary/aromatic N) is 1. The largest absolute Gasteiger partial charge is 0.486 e. The highest BCUT2D eigenvalue weighted by Crippen LogP contribution is 2.33. The molecule has 2 aliphatic heterocycles. The average molecular weight is 384 g/mol. The number of fused-ring (bicyclic) bond motifs is 1. The third-order valence-electron chi connectivity index (χ3n) is 4.99. The van der Waals surface area contributed by atoms with Crippen molar-refractivity contribution in [3.8, 4) is 11.5 Å². The van der Waals surface area contributed by atoms with Gasteiger partial charge in [0.1, 0.15) is 19.0 Å². The zero-order chi connectivity index (χ0) is 19.5. The highest BCUT2D eigenvalue weighted by Gasteiger charge is 2.30. The van der Waals surface area contributed by atoms with E-state index in [4.69, 9.17) is 9.47 Å². The molecule has 2 aromatic rings. The minimum absolute atomic E-state index is 0.0374. The summed E-state index contributed by atoms with van der Waals surface area (Å²) in [5.74, 6) is -0.182. The van der Waals surface area contributed by atoms with E-state index in [0.717, 1.165) is 0 Å². The number of piperidine rings is 1. The van der Waals surface area contributed by atoms with Crippen LogP contribution in [0.1, 0.15) is 23.2 Å². The van der Waals surface area contributed by atoms with Crippen molar-refractivity contribution in [3.05, 3.63) is 53.8 Å². The molecule has 6 nitrogen and oxygen atoms in total. The number of rotatable bonds is 3. The Labute approximate surface area is 162 Å². The molecular weight excluding hydrogens is 363 g/mol. The van der Waals surface area contributed by atoms with Crippen LogP contribution in [0.5, 0.6) is 11.5 Å². The molecule has 0 radical (unpaired) electrons. The molecule has 1 saturated heterocycles. The Morgan fingerprint density at radius 2 is 1.86 bits per heavy atom. The average Bonchev–Trinajstić information content (AvgIpc) is 2.73. The van der Waals surface area contributed by atoms with Crippen molar-refractivity contribution in [2.24, 2.45) is 5.92 Å². The molecule has 0 saturated carbocycles. The lowest BCUT2D eigenvalue weighted by molar-refractivity contribution is -0.121. The van der Waals surface area contributed by atoms with Gasteiger partial charge in [0.2, 0.25) is 5.91 Å². The van der Waals surface area contributed by atoms with Crippen molar-refractivity contribution in [2.45, 2.75) is 12.8 Å². The topological polar surface area (TPSA) is 67.9 Å². The molecule has 7 heteroatoms. The van der Waals surface area contributed by atoms with Crippen molar-refractivity contribution in [2.75, 3.05) is 31.6 Å². The second kappa shape index (κ2) is 7.88. The second-order valence-electron chi connectivity index (χ2n) is 6.92. The van der Waals surface area contributed by atoms with Crippen LogP contribution in [-0.2, 0) is 4.79 Å². The summed E-state index contributed by atoms with van der Waals surface area (Å²) in [7, 11) is 0. The van der Waals surface area contributed by atoms with E-state index in [2.05, 4.69) is 5.32 Å².